The van der Waals surface area contributed by atoms with E-state index in [1.54, 1.807) is 41.7 Å². The summed E-state index contributed by atoms with van der Waals surface area (Å²) < 4.78 is 10.1. The highest BCUT2D eigenvalue weighted by Gasteiger charge is 2.83. The van der Waals surface area contributed by atoms with Gasteiger partial charge in [-0.25, -0.2) is 9.59 Å². The molecule has 1 rings (SSSR count). The normalized spacial score (nSPS) is 26.9. The number of hydrogen-bond donors (Lipinski definition) is 1. The summed E-state index contributed by atoms with van der Waals surface area (Å²) in [5.41, 5.74) is -4.19. The highest BCUT2D eigenvalue weighted by Crippen LogP contribution is 2.77. The van der Waals surface area contributed by atoms with Crippen LogP contribution in [-0.2, 0) is 33.4 Å². The van der Waals surface area contributed by atoms with Crippen LogP contribution in [0.3, 0.4) is 0 Å². The summed E-state index contributed by atoms with van der Waals surface area (Å²) in [6.07, 6.45) is 0.672. The second kappa shape index (κ2) is 10.1. The molecule has 0 aromatic rings. The fourth-order valence-corrected chi connectivity index (χ4v) is 4.97. The Balaban J connectivity index is 3.03. The third-order valence-corrected chi connectivity index (χ3v) is 8.02. The van der Waals surface area contributed by atoms with Crippen molar-refractivity contribution in [2.45, 2.75) is 48.5 Å². The van der Waals surface area contributed by atoms with Crippen molar-refractivity contribution in [2.24, 2.45) is 21.7 Å². The summed E-state index contributed by atoms with van der Waals surface area (Å²) in [7, 11) is 1.56. The van der Waals surface area contributed by atoms with Crippen LogP contribution in [0.5, 0.6) is 0 Å². The van der Waals surface area contributed by atoms with E-state index in [9.17, 15) is 24.0 Å². The average molecular weight is 479 g/mol. The number of carbonyl (C=O) groups excluding carboxylic acids is 5. The summed E-state index contributed by atoms with van der Waals surface area (Å²) in [4.78, 5) is 63.8. The van der Waals surface area contributed by atoms with Crippen LogP contribution in [0.15, 0.2) is 24.3 Å². The van der Waals surface area contributed by atoms with E-state index >= 15 is 0 Å². The van der Waals surface area contributed by atoms with Crippen molar-refractivity contribution in [2.75, 3.05) is 33.4 Å². The largest absolute Gasteiger partial charge is 0.460 e. The van der Waals surface area contributed by atoms with Crippen molar-refractivity contribution in [1.29, 1.82) is 0 Å². The molecule has 1 aliphatic carbocycles. The molecule has 1 aliphatic rings. The van der Waals surface area contributed by atoms with Gasteiger partial charge < -0.3 is 24.5 Å². The first-order chi connectivity index (χ1) is 15.5. The number of amides is 2. The van der Waals surface area contributed by atoms with Crippen molar-refractivity contribution in [1.82, 2.24) is 10.2 Å². The van der Waals surface area contributed by atoms with E-state index in [2.05, 4.69) is 18.5 Å². The molecule has 1 saturated carbocycles. The number of carbonyl (C=O) groups is 5. The fourth-order valence-electron chi connectivity index (χ4n) is 4.97. The third-order valence-electron chi connectivity index (χ3n) is 8.02. The molecule has 0 aromatic heterocycles. The Labute approximate surface area is 201 Å². The van der Waals surface area contributed by atoms with Gasteiger partial charge in [0.15, 0.2) is 0 Å². The van der Waals surface area contributed by atoms with E-state index in [1.807, 2.05) is 0 Å². The summed E-state index contributed by atoms with van der Waals surface area (Å²) >= 11 is 0. The number of nitrogens with one attached hydrogen (secondary N) is 1. The zero-order valence-electron chi connectivity index (χ0n) is 21.6. The van der Waals surface area contributed by atoms with Gasteiger partial charge in [0.05, 0.1) is 29.3 Å². The molecule has 0 spiro atoms. The van der Waals surface area contributed by atoms with Crippen LogP contribution in [0, 0.1) is 21.7 Å². The Morgan fingerprint density at radius 3 is 1.79 bits per heavy atom. The van der Waals surface area contributed by atoms with E-state index in [-0.39, 0.29) is 43.4 Å². The van der Waals surface area contributed by atoms with E-state index < -0.39 is 39.5 Å². The Hall–Kier alpha value is -2.97. The lowest BCUT2D eigenvalue weighted by Crippen LogP contribution is -2.82. The SMILES string of the molecule is C=C(C)C(=O)OCCNC(=O)C1(C)C(C)(C)C(C)(C(=O)N(C)CCOC(=O)C(=C)C)C1(C)C=O. The Morgan fingerprint density at radius 2 is 1.35 bits per heavy atom. The van der Waals surface area contributed by atoms with E-state index in [0.29, 0.717) is 6.29 Å². The van der Waals surface area contributed by atoms with Crippen LogP contribution in [0.2, 0.25) is 0 Å². The van der Waals surface area contributed by atoms with E-state index in [0.717, 1.165) is 0 Å². The summed E-state index contributed by atoms with van der Waals surface area (Å²) in [6, 6.07) is 0. The quantitative estimate of drug-likeness (QED) is 0.209. The van der Waals surface area contributed by atoms with Crippen LogP contribution < -0.4 is 5.32 Å². The lowest BCUT2D eigenvalue weighted by Gasteiger charge is -2.74. The minimum atomic E-state index is -1.33. The molecule has 0 aliphatic heterocycles. The number of aldehydes is 1. The maximum absolute atomic E-state index is 13.6. The minimum Gasteiger partial charge on any atom is -0.460 e. The zero-order valence-corrected chi connectivity index (χ0v) is 21.6. The van der Waals surface area contributed by atoms with Gasteiger partial charge in [0.1, 0.15) is 19.5 Å². The molecule has 0 radical (unpaired) electrons. The molecular formula is C25H38N2O7. The van der Waals surface area contributed by atoms with Gasteiger partial charge in [0.2, 0.25) is 11.8 Å². The molecular weight excluding hydrogens is 440 g/mol. The maximum Gasteiger partial charge on any atom is 0.333 e. The molecule has 2 amide bonds. The van der Waals surface area contributed by atoms with E-state index in [1.165, 1.54) is 18.7 Å². The van der Waals surface area contributed by atoms with Crippen molar-refractivity contribution in [3.8, 4) is 0 Å². The van der Waals surface area contributed by atoms with Crippen molar-refractivity contribution in [3.63, 3.8) is 0 Å². The van der Waals surface area contributed by atoms with Gasteiger partial charge >= 0.3 is 11.9 Å². The second-order valence-electron chi connectivity index (χ2n) is 10.0. The molecule has 9 nitrogen and oxygen atoms in total. The first-order valence-corrected chi connectivity index (χ1v) is 11.1. The number of rotatable bonds is 11. The standard InChI is InChI=1S/C25H38N2O7/c1-16(2)18(29)33-13-11-26-20(31)24(8)22(5,6)25(9,23(24,7)15-28)21(32)27(10)12-14-34-19(30)17(3)4/h15H,1,3,11-14H2,2,4-10H3,(H,26,31). The van der Waals surface area contributed by atoms with Gasteiger partial charge in [0, 0.05) is 18.2 Å². The van der Waals surface area contributed by atoms with Gasteiger partial charge in [-0.1, -0.05) is 33.9 Å². The number of ether oxygens (including phenoxy) is 2. The van der Waals surface area contributed by atoms with Crippen LogP contribution in [0.4, 0.5) is 0 Å². The van der Waals surface area contributed by atoms with Gasteiger partial charge in [0.25, 0.3) is 0 Å². The van der Waals surface area contributed by atoms with Crippen molar-refractivity contribution < 1.29 is 33.4 Å². The van der Waals surface area contributed by atoms with Crippen molar-refractivity contribution in [3.05, 3.63) is 24.3 Å². The molecule has 0 saturated heterocycles. The monoisotopic (exact) mass is 478 g/mol. The molecule has 3 atom stereocenters. The molecule has 0 heterocycles. The molecule has 34 heavy (non-hydrogen) atoms. The average Bonchev–Trinajstić information content (AvgIpc) is 2.78. The van der Waals surface area contributed by atoms with Gasteiger partial charge in [-0.05, 0) is 33.1 Å². The smallest absolute Gasteiger partial charge is 0.333 e. The molecule has 1 N–H and O–H groups in total. The third kappa shape index (κ3) is 4.28. The molecule has 9 heteroatoms. The first-order valence-electron chi connectivity index (χ1n) is 11.1. The van der Waals surface area contributed by atoms with Crippen LogP contribution >= 0.6 is 0 Å². The van der Waals surface area contributed by atoms with Crippen LogP contribution in [0.1, 0.15) is 48.5 Å². The highest BCUT2D eigenvalue weighted by molar-refractivity contribution is 5.99. The molecule has 0 aromatic carbocycles. The summed E-state index contributed by atoms with van der Waals surface area (Å²) in [5, 5.41) is 2.73. The van der Waals surface area contributed by atoms with Gasteiger partial charge in [-0.15, -0.1) is 0 Å². The number of hydrogen-bond acceptors (Lipinski definition) is 7. The highest BCUT2D eigenvalue weighted by atomic mass is 16.5. The second-order valence-corrected chi connectivity index (χ2v) is 10.0. The molecule has 190 valence electrons. The molecule has 3 unspecified atom stereocenters. The summed E-state index contributed by atoms with van der Waals surface area (Å²) in [6.45, 7) is 18.7. The Morgan fingerprint density at radius 1 is 0.882 bits per heavy atom. The number of nitrogens with zero attached hydrogens (tertiary/aromatic N) is 1. The maximum atomic E-state index is 13.6. The fraction of sp³-hybridized carbons (Fsp3) is 0.640. The topological polar surface area (TPSA) is 119 Å². The predicted octanol–water partition coefficient (Wildman–Crippen LogP) is 2.06. The van der Waals surface area contributed by atoms with Gasteiger partial charge in [-0.2, -0.15) is 0 Å². The lowest BCUT2D eigenvalue weighted by molar-refractivity contribution is -0.268. The minimum absolute atomic E-state index is 0.0249. The molecule has 0 bridgehead atoms. The lowest BCUT2D eigenvalue weighted by atomic mass is 9.26. The predicted molar refractivity (Wildman–Crippen MR) is 126 cm³/mol. The Bertz CT molecular complexity index is 909. The Kier molecular flexibility index (Phi) is 8.64. The first kappa shape index (κ1) is 29.1. The number of esters is 2. The number of likely N-dealkylation sites (N-methyl/N-ethyl adjacent to an activating group) is 1. The van der Waals surface area contributed by atoms with E-state index in [4.69, 9.17) is 9.47 Å². The van der Waals surface area contributed by atoms with Crippen LogP contribution in [-0.4, -0.2) is 68.3 Å². The van der Waals surface area contributed by atoms with Gasteiger partial charge in [-0.3, -0.25) is 9.59 Å². The van der Waals surface area contributed by atoms with Crippen molar-refractivity contribution >= 4 is 30.0 Å². The summed E-state index contributed by atoms with van der Waals surface area (Å²) in [5.74, 6) is -1.86. The zero-order chi connectivity index (χ0) is 26.7. The van der Waals surface area contributed by atoms with Crippen LogP contribution in [0.25, 0.3) is 0 Å². The molecule has 1 fully saturated rings.